The predicted octanol–water partition coefficient (Wildman–Crippen LogP) is 2.18. The van der Waals surface area contributed by atoms with E-state index in [4.69, 9.17) is 14.6 Å². The van der Waals surface area contributed by atoms with Gasteiger partial charge in [-0.05, 0) is 55.7 Å². The molecule has 0 radical (unpaired) electrons. The molecule has 2 aliphatic carbocycles. The van der Waals surface area contributed by atoms with Crippen LogP contribution in [0.3, 0.4) is 0 Å². The van der Waals surface area contributed by atoms with E-state index in [-0.39, 0.29) is 11.5 Å². The monoisotopic (exact) mass is 345 g/mol. The van der Waals surface area contributed by atoms with E-state index in [1.165, 1.54) is 25.7 Å². The molecule has 3 aliphatic rings. The van der Waals surface area contributed by atoms with Crippen molar-refractivity contribution >= 4 is 11.9 Å². The van der Waals surface area contributed by atoms with Crippen LogP contribution in [0.2, 0.25) is 0 Å². The lowest BCUT2D eigenvalue weighted by molar-refractivity contribution is -0.139. The molecular weight excluding hydrogens is 322 g/mol. The molecule has 1 aromatic rings. The van der Waals surface area contributed by atoms with E-state index in [1.54, 1.807) is 24.3 Å². The van der Waals surface area contributed by atoms with Crippen molar-refractivity contribution < 1.29 is 24.2 Å². The zero-order chi connectivity index (χ0) is 17.4. The number of rotatable bonds is 6. The second-order valence-corrected chi connectivity index (χ2v) is 7.29. The standard InChI is InChI=1S/C19H23NO5/c21-17(22)11-24-16-3-1-2-13(10-16)18(23)20-8-9-25-19(12-20,14-4-5-14)15-6-7-15/h1-3,10,14-15H,4-9,11-12H2,(H,21,22). The summed E-state index contributed by atoms with van der Waals surface area (Å²) in [7, 11) is 0. The third-order valence-electron chi connectivity index (χ3n) is 5.44. The zero-order valence-corrected chi connectivity index (χ0v) is 14.1. The van der Waals surface area contributed by atoms with Crippen LogP contribution in [0.4, 0.5) is 0 Å². The highest BCUT2D eigenvalue weighted by atomic mass is 16.5. The van der Waals surface area contributed by atoms with Crippen LogP contribution in [0.25, 0.3) is 0 Å². The summed E-state index contributed by atoms with van der Waals surface area (Å²) in [4.78, 5) is 25.5. The number of ether oxygens (including phenoxy) is 2. The molecule has 1 heterocycles. The molecule has 0 aromatic heterocycles. The van der Waals surface area contributed by atoms with Crippen LogP contribution < -0.4 is 4.74 Å². The molecule has 6 heteroatoms. The van der Waals surface area contributed by atoms with Gasteiger partial charge in [0.15, 0.2) is 6.61 Å². The van der Waals surface area contributed by atoms with E-state index < -0.39 is 12.6 Å². The van der Waals surface area contributed by atoms with Crippen molar-refractivity contribution in [2.45, 2.75) is 31.3 Å². The van der Waals surface area contributed by atoms with Gasteiger partial charge in [0.05, 0.1) is 18.8 Å². The largest absolute Gasteiger partial charge is 0.482 e. The van der Waals surface area contributed by atoms with Crippen LogP contribution in [-0.4, -0.2) is 53.8 Å². The average Bonchev–Trinajstić information content (AvgIpc) is 3.51. The Balaban J connectivity index is 1.48. The van der Waals surface area contributed by atoms with Crippen molar-refractivity contribution in [3.05, 3.63) is 29.8 Å². The summed E-state index contributed by atoms with van der Waals surface area (Å²) in [6.07, 6.45) is 4.82. The first-order valence-corrected chi connectivity index (χ1v) is 8.96. The van der Waals surface area contributed by atoms with Crippen molar-refractivity contribution in [1.29, 1.82) is 0 Å². The minimum atomic E-state index is -1.04. The molecule has 25 heavy (non-hydrogen) atoms. The number of carbonyl (C=O) groups excluding carboxylic acids is 1. The minimum absolute atomic E-state index is 0.0326. The zero-order valence-electron chi connectivity index (χ0n) is 14.1. The van der Waals surface area contributed by atoms with E-state index in [2.05, 4.69) is 0 Å². The number of nitrogens with zero attached hydrogens (tertiary/aromatic N) is 1. The summed E-state index contributed by atoms with van der Waals surface area (Å²) in [5, 5.41) is 8.72. The Kier molecular flexibility index (Phi) is 4.15. The van der Waals surface area contributed by atoms with Gasteiger partial charge in [-0.15, -0.1) is 0 Å². The molecule has 1 aliphatic heterocycles. The molecule has 3 fully saturated rings. The number of benzene rings is 1. The molecular formula is C19H23NO5. The van der Waals surface area contributed by atoms with Gasteiger partial charge in [0.25, 0.3) is 5.91 Å². The Labute approximate surface area is 146 Å². The van der Waals surface area contributed by atoms with Gasteiger partial charge in [0, 0.05) is 12.1 Å². The number of morpholine rings is 1. The Bertz CT molecular complexity index is 668. The summed E-state index contributed by atoms with van der Waals surface area (Å²) < 4.78 is 11.4. The van der Waals surface area contributed by atoms with Crippen molar-refractivity contribution in [1.82, 2.24) is 4.90 Å². The normalized spacial score (nSPS) is 22.5. The van der Waals surface area contributed by atoms with Crippen LogP contribution in [0, 0.1) is 11.8 Å². The highest BCUT2D eigenvalue weighted by molar-refractivity contribution is 5.94. The van der Waals surface area contributed by atoms with Gasteiger partial charge in [-0.2, -0.15) is 0 Å². The molecule has 134 valence electrons. The predicted molar refractivity (Wildman–Crippen MR) is 89.6 cm³/mol. The first-order valence-electron chi connectivity index (χ1n) is 8.96. The first kappa shape index (κ1) is 16.4. The second kappa shape index (κ2) is 6.33. The smallest absolute Gasteiger partial charge is 0.341 e. The Hall–Kier alpha value is -2.08. The van der Waals surface area contributed by atoms with E-state index in [0.717, 1.165) is 0 Å². The molecule has 2 saturated carbocycles. The van der Waals surface area contributed by atoms with Gasteiger partial charge in [0.2, 0.25) is 0 Å². The van der Waals surface area contributed by atoms with Crippen molar-refractivity contribution in [3.8, 4) is 5.75 Å². The number of amides is 1. The number of aliphatic carboxylic acids is 1. The van der Waals surface area contributed by atoms with Gasteiger partial charge in [0.1, 0.15) is 5.75 Å². The van der Waals surface area contributed by atoms with E-state index >= 15 is 0 Å². The van der Waals surface area contributed by atoms with E-state index in [1.807, 2.05) is 4.90 Å². The van der Waals surface area contributed by atoms with Crippen LogP contribution in [0.15, 0.2) is 24.3 Å². The Morgan fingerprint density at radius 3 is 2.60 bits per heavy atom. The van der Waals surface area contributed by atoms with Crippen LogP contribution >= 0.6 is 0 Å². The fourth-order valence-corrected chi connectivity index (χ4v) is 3.96. The summed E-state index contributed by atoms with van der Waals surface area (Å²) in [6.45, 7) is 1.44. The molecule has 1 amide bonds. The maximum absolute atomic E-state index is 13.0. The number of hydrogen-bond acceptors (Lipinski definition) is 4. The van der Waals surface area contributed by atoms with Crippen LogP contribution in [0.1, 0.15) is 36.0 Å². The van der Waals surface area contributed by atoms with Crippen LogP contribution in [0.5, 0.6) is 5.75 Å². The molecule has 1 aromatic carbocycles. The minimum Gasteiger partial charge on any atom is -0.482 e. The SMILES string of the molecule is O=C(O)COc1cccc(C(=O)N2CCOC(C3CC3)(C3CC3)C2)c1. The van der Waals surface area contributed by atoms with Gasteiger partial charge >= 0.3 is 5.97 Å². The van der Waals surface area contributed by atoms with Gasteiger partial charge in [-0.3, -0.25) is 4.79 Å². The Morgan fingerprint density at radius 1 is 1.24 bits per heavy atom. The summed E-state index contributed by atoms with van der Waals surface area (Å²) in [5.74, 6) is 0.525. The number of carbonyl (C=O) groups is 2. The number of carboxylic acids is 1. The van der Waals surface area contributed by atoms with Crippen molar-refractivity contribution in [2.75, 3.05) is 26.3 Å². The lowest BCUT2D eigenvalue weighted by Gasteiger charge is -2.43. The fraction of sp³-hybridized carbons (Fsp3) is 0.579. The third-order valence-corrected chi connectivity index (χ3v) is 5.44. The highest BCUT2D eigenvalue weighted by Crippen LogP contribution is 2.55. The Morgan fingerprint density at radius 2 is 1.96 bits per heavy atom. The fourth-order valence-electron chi connectivity index (χ4n) is 3.96. The quantitative estimate of drug-likeness (QED) is 0.855. The molecule has 0 bridgehead atoms. The van der Waals surface area contributed by atoms with Crippen LogP contribution in [-0.2, 0) is 9.53 Å². The lowest BCUT2D eigenvalue weighted by atomic mass is 9.89. The first-order chi connectivity index (χ1) is 12.1. The lowest BCUT2D eigenvalue weighted by Crippen LogP contribution is -2.56. The van der Waals surface area contributed by atoms with Crippen molar-refractivity contribution in [2.24, 2.45) is 11.8 Å². The molecule has 0 atom stereocenters. The van der Waals surface area contributed by atoms with E-state index in [9.17, 15) is 9.59 Å². The molecule has 0 unspecified atom stereocenters. The van der Waals surface area contributed by atoms with Gasteiger partial charge in [-0.1, -0.05) is 6.07 Å². The molecule has 4 rings (SSSR count). The van der Waals surface area contributed by atoms with Gasteiger partial charge in [-0.25, -0.2) is 4.79 Å². The number of carboxylic acid groups (broad SMARTS) is 1. The average molecular weight is 345 g/mol. The summed E-state index contributed by atoms with van der Waals surface area (Å²) >= 11 is 0. The van der Waals surface area contributed by atoms with E-state index in [0.29, 0.717) is 42.8 Å². The maximum atomic E-state index is 13.0. The molecule has 0 spiro atoms. The topological polar surface area (TPSA) is 76.1 Å². The molecule has 6 nitrogen and oxygen atoms in total. The molecule has 1 saturated heterocycles. The summed E-state index contributed by atoms with van der Waals surface area (Å²) in [6, 6.07) is 6.76. The highest BCUT2D eigenvalue weighted by Gasteiger charge is 2.57. The van der Waals surface area contributed by atoms with Crippen molar-refractivity contribution in [3.63, 3.8) is 0 Å². The number of hydrogen-bond donors (Lipinski definition) is 1. The third kappa shape index (κ3) is 3.35. The maximum Gasteiger partial charge on any atom is 0.341 e. The second-order valence-electron chi connectivity index (χ2n) is 7.29. The summed E-state index contributed by atoms with van der Waals surface area (Å²) in [5.41, 5.74) is 0.399. The van der Waals surface area contributed by atoms with Gasteiger partial charge < -0.3 is 19.5 Å². The molecule has 1 N–H and O–H groups in total.